The fraction of sp³-hybridized carbons (Fsp3) is 0.0870. The summed E-state index contributed by atoms with van der Waals surface area (Å²) >= 11 is 3.16. The molecule has 1 aromatic carbocycles. The van der Waals surface area contributed by atoms with Crippen LogP contribution in [0.4, 0.5) is 0 Å². The summed E-state index contributed by atoms with van der Waals surface area (Å²) in [6.45, 7) is 3.93. The number of aryl methyl sites for hydroxylation is 2. The van der Waals surface area contributed by atoms with Crippen LogP contribution in [0.3, 0.4) is 0 Å². The van der Waals surface area contributed by atoms with Gasteiger partial charge in [-0.3, -0.25) is 4.57 Å². The van der Waals surface area contributed by atoms with Crippen LogP contribution in [0.1, 0.15) is 21.8 Å². The quantitative estimate of drug-likeness (QED) is 0.398. The molecule has 30 heavy (non-hydrogen) atoms. The van der Waals surface area contributed by atoms with Gasteiger partial charge in [0.25, 0.3) is 0 Å². The number of aliphatic carboxylic acids is 1. The second-order valence-electron chi connectivity index (χ2n) is 6.68. The topological polar surface area (TPSA) is 78.9 Å². The predicted molar refractivity (Wildman–Crippen MR) is 121 cm³/mol. The summed E-state index contributed by atoms with van der Waals surface area (Å²) in [6.07, 6.45) is 6.51. The second-order valence-corrected chi connectivity index (χ2v) is 8.66. The van der Waals surface area contributed by atoms with E-state index in [-0.39, 0.29) is 0 Å². The van der Waals surface area contributed by atoms with Gasteiger partial charge in [0.1, 0.15) is 10.8 Å². The molecule has 3 aromatic heterocycles. The zero-order chi connectivity index (χ0) is 21.3. The summed E-state index contributed by atoms with van der Waals surface area (Å²) < 4.78 is 2.04. The van der Waals surface area contributed by atoms with Crippen LogP contribution in [0.5, 0.6) is 0 Å². The van der Waals surface area contributed by atoms with E-state index in [2.05, 4.69) is 28.6 Å². The van der Waals surface area contributed by atoms with Gasteiger partial charge in [-0.15, -0.1) is 22.7 Å². The number of nitrogens with zero attached hydrogens (tertiary/aromatic N) is 3. The monoisotopic (exact) mass is 431 g/mol. The molecule has 0 saturated carbocycles. The lowest BCUT2D eigenvalue weighted by atomic mass is 9.95. The summed E-state index contributed by atoms with van der Waals surface area (Å²) in [5.41, 5.74) is 4.59. The van der Waals surface area contributed by atoms with Crippen molar-refractivity contribution in [3.63, 3.8) is 0 Å². The molecule has 0 fully saturated rings. The van der Waals surface area contributed by atoms with Gasteiger partial charge in [-0.1, -0.05) is 6.07 Å². The third-order valence-electron chi connectivity index (χ3n) is 4.74. The first-order chi connectivity index (χ1) is 14.5. The molecule has 0 aliphatic rings. The second kappa shape index (κ2) is 8.11. The number of imidazole rings is 1. The highest BCUT2D eigenvalue weighted by Crippen LogP contribution is 2.44. The van der Waals surface area contributed by atoms with Gasteiger partial charge >= 0.3 is 5.97 Å². The molecule has 0 aliphatic heterocycles. The lowest BCUT2D eigenvalue weighted by Gasteiger charge is -2.09. The van der Waals surface area contributed by atoms with Crippen molar-refractivity contribution in [2.45, 2.75) is 13.8 Å². The van der Waals surface area contributed by atoms with Crippen LogP contribution >= 0.6 is 22.7 Å². The number of carboxylic acid groups (broad SMARTS) is 1. The highest BCUT2D eigenvalue weighted by molar-refractivity contribution is 7.18. The van der Waals surface area contributed by atoms with E-state index in [0.717, 1.165) is 48.9 Å². The van der Waals surface area contributed by atoms with Gasteiger partial charge in [0.2, 0.25) is 0 Å². The SMILES string of the molecule is Cc1cc(C#N)ccc1-c1c(-c2ccc(-n3ccnc3C)s2)csc1/C=C/C(=O)O. The highest BCUT2D eigenvalue weighted by atomic mass is 32.1. The maximum absolute atomic E-state index is 11.1. The van der Waals surface area contributed by atoms with Crippen molar-refractivity contribution in [2.75, 3.05) is 0 Å². The highest BCUT2D eigenvalue weighted by Gasteiger charge is 2.18. The summed E-state index contributed by atoms with van der Waals surface area (Å²) in [5.74, 6) is -0.0663. The Bertz CT molecular complexity index is 1320. The van der Waals surface area contributed by atoms with Crippen LogP contribution in [0.15, 0.2) is 54.2 Å². The van der Waals surface area contributed by atoms with Crippen LogP contribution in [0.25, 0.3) is 32.6 Å². The van der Waals surface area contributed by atoms with E-state index >= 15 is 0 Å². The summed E-state index contributed by atoms with van der Waals surface area (Å²) in [5, 5.41) is 21.4. The first-order valence-corrected chi connectivity index (χ1v) is 10.8. The Kier molecular flexibility index (Phi) is 5.36. The van der Waals surface area contributed by atoms with E-state index in [4.69, 9.17) is 5.11 Å². The molecule has 3 heterocycles. The maximum atomic E-state index is 11.1. The Balaban J connectivity index is 1.87. The van der Waals surface area contributed by atoms with E-state index in [1.807, 2.05) is 36.7 Å². The average Bonchev–Trinajstić information content (AvgIpc) is 3.45. The van der Waals surface area contributed by atoms with Gasteiger partial charge in [-0.05, 0) is 55.3 Å². The van der Waals surface area contributed by atoms with Crippen molar-refractivity contribution in [3.05, 3.63) is 76.0 Å². The van der Waals surface area contributed by atoms with Crippen molar-refractivity contribution < 1.29 is 9.90 Å². The molecule has 4 rings (SSSR count). The van der Waals surface area contributed by atoms with Crippen molar-refractivity contribution in [3.8, 4) is 32.6 Å². The Morgan fingerprint density at radius 2 is 2.07 bits per heavy atom. The Hall–Kier alpha value is -3.47. The average molecular weight is 432 g/mol. The molecule has 1 N–H and O–H groups in total. The van der Waals surface area contributed by atoms with Crippen LogP contribution in [0.2, 0.25) is 0 Å². The fourth-order valence-electron chi connectivity index (χ4n) is 3.33. The van der Waals surface area contributed by atoms with Crippen molar-refractivity contribution >= 4 is 34.7 Å². The molecule has 0 unspecified atom stereocenters. The molecule has 148 valence electrons. The van der Waals surface area contributed by atoms with Gasteiger partial charge in [0.05, 0.1) is 11.6 Å². The molecular formula is C23H17N3O2S2. The molecule has 0 bridgehead atoms. The van der Waals surface area contributed by atoms with Gasteiger partial charge in [0, 0.05) is 44.7 Å². The first kappa shape index (κ1) is 19.8. The van der Waals surface area contributed by atoms with Crippen LogP contribution in [0, 0.1) is 25.2 Å². The van der Waals surface area contributed by atoms with E-state index < -0.39 is 5.97 Å². The number of carbonyl (C=O) groups is 1. The molecule has 5 nitrogen and oxygen atoms in total. The normalized spacial score (nSPS) is 11.1. The summed E-state index contributed by atoms with van der Waals surface area (Å²) in [4.78, 5) is 17.3. The van der Waals surface area contributed by atoms with E-state index in [9.17, 15) is 10.1 Å². The molecule has 7 heteroatoms. The number of nitriles is 1. The number of aromatic nitrogens is 2. The summed E-state index contributed by atoms with van der Waals surface area (Å²) in [7, 11) is 0. The molecule has 0 saturated heterocycles. The fourth-order valence-corrected chi connectivity index (χ4v) is 5.44. The van der Waals surface area contributed by atoms with Crippen LogP contribution < -0.4 is 0 Å². The number of benzene rings is 1. The van der Waals surface area contributed by atoms with Crippen LogP contribution in [-0.2, 0) is 4.79 Å². The summed E-state index contributed by atoms with van der Waals surface area (Å²) in [6, 6.07) is 11.9. The smallest absolute Gasteiger partial charge is 0.328 e. The van der Waals surface area contributed by atoms with Crippen molar-refractivity contribution in [2.24, 2.45) is 0 Å². The molecule has 0 radical (unpaired) electrons. The van der Waals surface area contributed by atoms with E-state index in [1.165, 1.54) is 11.3 Å². The third kappa shape index (κ3) is 3.71. The van der Waals surface area contributed by atoms with Gasteiger partial charge in [0.15, 0.2) is 0 Å². The number of rotatable bonds is 5. The number of thiophene rings is 2. The lowest BCUT2D eigenvalue weighted by molar-refractivity contribution is -0.131. The first-order valence-electron chi connectivity index (χ1n) is 9.12. The van der Waals surface area contributed by atoms with E-state index in [0.29, 0.717) is 5.56 Å². The Morgan fingerprint density at radius 1 is 1.23 bits per heavy atom. The van der Waals surface area contributed by atoms with Crippen LogP contribution in [-0.4, -0.2) is 20.6 Å². The third-order valence-corrected chi connectivity index (χ3v) is 6.81. The Labute approximate surface area is 181 Å². The van der Waals surface area contributed by atoms with Gasteiger partial charge in [-0.25, -0.2) is 9.78 Å². The minimum Gasteiger partial charge on any atom is -0.478 e. The molecule has 0 spiro atoms. The number of hydrogen-bond donors (Lipinski definition) is 1. The number of hydrogen-bond acceptors (Lipinski definition) is 5. The predicted octanol–water partition coefficient (Wildman–Crippen LogP) is 5.92. The molecular weight excluding hydrogens is 414 g/mol. The van der Waals surface area contributed by atoms with Gasteiger partial charge in [-0.2, -0.15) is 5.26 Å². The van der Waals surface area contributed by atoms with Crippen molar-refractivity contribution in [1.29, 1.82) is 5.26 Å². The Morgan fingerprint density at radius 3 is 2.73 bits per heavy atom. The van der Waals surface area contributed by atoms with Gasteiger partial charge < -0.3 is 5.11 Å². The maximum Gasteiger partial charge on any atom is 0.328 e. The lowest BCUT2D eigenvalue weighted by Crippen LogP contribution is -1.91. The number of carboxylic acids is 1. The standard InChI is InChI=1S/C23H17N3O2S2/c1-14-11-16(12-24)3-4-17(14)23-18(13-29-20(23)6-8-22(27)28)19-5-7-21(30-19)26-10-9-25-15(26)2/h3-11,13H,1-2H3,(H,27,28)/b8-6+. The van der Waals surface area contributed by atoms with Crippen molar-refractivity contribution in [1.82, 2.24) is 9.55 Å². The largest absolute Gasteiger partial charge is 0.478 e. The minimum absolute atomic E-state index is 0.602. The minimum atomic E-state index is -0.985. The zero-order valence-electron chi connectivity index (χ0n) is 16.3. The molecule has 4 aromatic rings. The molecule has 0 aliphatic carbocycles. The molecule has 0 atom stereocenters. The van der Waals surface area contributed by atoms with E-state index in [1.54, 1.807) is 29.7 Å². The molecule has 0 amide bonds. The zero-order valence-corrected chi connectivity index (χ0v) is 17.9.